The van der Waals surface area contributed by atoms with Crippen LogP contribution in [0.1, 0.15) is 91.5 Å². The summed E-state index contributed by atoms with van der Waals surface area (Å²) in [7, 11) is 0. The van der Waals surface area contributed by atoms with Crippen molar-refractivity contribution in [3.63, 3.8) is 0 Å². The maximum Gasteiger partial charge on any atom is 0.0572 e. The summed E-state index contributed by atoms with van der Waals surface area (Å²) in [5, 5.41) is 0. The summed E-state index contributed by atoms with van der Waals surface area (Å²) in [5.41, 5.74) is 21.8. The number of rotatable bonds is 10. The van der Waals surface area contributed by atoms with E-state index in [-0.39, 0.29) is 16.9 Å². The van der Waals surface area contributed by atoms with Crippen molar-refractivity contribution in [2.45, 2.75) is 63.8 Å². The van der Waals surface area contributed by atoms with E-state index in [0.29, 0.717) is 0 Å². The highest BCUT2D eigenvalue weighted by Crippen LogP contribution is 2.55. The molecule has 3 aliphatic rings. The van der Waals surface area contributed by atoms with E-state index >= 15 is 0 Å². The fourth-order valence-electron chi connectivity index (χ4n) is 11.4. The Labute approximate surface area is 391 Å². The fourth-order valence-corrected chi connectivity index (χ4v) is 11.4. The van der Waals surface area contributed by atoms with Gasteiger partial charge in [-0.15, -0.1) is 0 Å². The first kappa shape index (κ1) is 41.3. The third-order valence-corrected chi connectivity index (χ3v) is 14.9. The van der Waals surface area contributed by atoms with Gasteiger partial charge in [-0.25, -0.2) is 0 Å². The SMILES string of the molecule is CCC1(CC)c2cc(/C=C/c3ccc(C4=CC(c5ccccc5)=CC(N5c6ccccc6C(C)(C)c6ccccc65)C4)cc3)ccc2-c2ccc(N(c3ccccc3)c3ccccc3)cc21. The van der Waals surface area contributed by atoms with E-state index in [4.69, 9.17) is 0 Å². The van der Waals surface area contributed by atoms with Crippen molar-refractivity contribution >= 4 is 51.7 Å². The molecule has 0 spiro atoms. The van der Waals surface area contributed by atoms with E-state index in [1.807, 2.05) is 0 Å². The molecule has 0 radical (unpaired) electrons. The second kappa shape index (κ2) is 16.9. The minimum absolute atomic E-state index is 0.0710. The number of hydrogen-bond acceptors (Lipinski definition) is 2. The number of hydrogen-bond donors (Lipinski definition) is 0. The third kappa shape index (κ3) is 7.04. The molecule has 0 fully saturated rings. The standard InChI is InChI=1S/C64H56N2/c1-5-64(6-2)59-40-46(34-38-55(59)56-39-37-53(44-60(56)64)65(51-22-12-8-13-23-51)52-24-14-9-15-25-52)31-30-45-32-35-48(36-33-45)50-41-49(47-20-10-7-11-21-47)42-54(43-50)66-61-28-18-16-26-57(61)63(3,4)58-27-17-19-29-62(58)66/h7-42,44,54H,5-6,43H2,1-4H3/b31-30+. The van der Waals surface area contributed by atoms with Crippen LogP contribution in [0.25, 0.3) is 34.4 Å². The first-order valence-corrected chi connectivity index (χ1v) is 23.8. The summed E-state index contributed by atoms with van der Waals surface area (Å²) in [4.78, 5) is 4.99. The van der Waals surface area contributed by atoms with E-state index < -0.39 is 0 Å². The molecule has 66 heavy (non-hydrogen) atoms. The van der Waals surface area contributed by atoms with E-state index in [1.54, 1.807) is 0 Å². The molecule has 8 aromatic carbocycles. The second-order valence-corrected chi connectivity index (χ2v) is 18.7. The van der Waals surface area contributed by atoms with Gasteiger partial charge in [-0.1, -0.05) is 204 Å². The Morgan fingerprint density at radius 1 is 0.500 bits per heavy atom. The molecule has 1 unspecified atom stereocenters. The zero-order valence-corrected chi connectivity index (χ0v) is 38.5. The van der Waals surface area contributed by atoms with Gasteiger partial charge < -0.3 is 9.80 Å². The van der Waals surface area contributed by atoms with Crippen LogP contribution in [0.15, 0.2) is 212 Å². The van der Waals surface area contributed by atoms with Gasteiger partial charge in [0.15, 0.2) is 0 Å². The maximum absolute atomic E-state index is 2.60. The van der Waals surface area contributed by atoms with Gasteiger partial charge >= 0.3 is 0 Å². The van der Waals surface area contributed by atoms with Crippen LogP contribution in [-0.4, -0.2) is 6.04 Å². The second-order valence-electron chi connectivity index (χ2n) is 18.7. The topological polar surface area (TPSA) is 6.48 Å². The van der Waals surface area contributed by atoms with Crippen LogP contribution in [-0.2, 0) is 10.8 Å². The van der Waals surface area contributed by atoms with Gasteiger partial charge in [-0.2, -0.15) is 0 Å². The van der Waals surface area contributed by atoms with Crippen molar-refractivity contribution < 1.29 is 0 Å². The molecule has 8 aromatic rings. The number of para-hydroxylation sites is 4. The Bertz CT molecular complexity index is 3060. The van der Waals surface area contributed by atoms with Crippen LogP contribution in [0.2, 0.25) is 0 Å². The van der Waals surface area contributed by atoms with Crippen LogP contribution in [0.4, 0.5) is 28.4 Å². The minimum Gasteiger partial charge on any atom is -0.334 e. The van der Waals surface area contributed by atoms with Crippen LogP contribution >= 0.6 is 0 Å². The number of nitrogens with zero attached hydrogens (tertiary/aromatic N) is 2. The van der Waals surface area contributed by atoms with Crippen LogP contribution < -0.4 is 9.80 Å². The Morgan fingerprint density at radius 2 is 1.02 bits per heavy atom. The maximum atomic E-state index is 2.60. The molecule has 2 nitrogen and oxygen atoms in total. The summed E-state index contributed by atoms with van der Waals surface area (Å²) in [6.07, 6.45) is 12.5. The molecule has 0 amide bonds. The molecule has 0 saturated heterocycles. The first-order chi connectivity index (χ1) is 32.4. The molecule has 322 valence electrons. The lowest BCUT2D eigenvalue weighted by atomic mass is 9.73. The zero-order chi connectivity index (χ0) is 44.8. The van der Waals surface area contributed by atoms with Gasteiger partial charge in [0.05, 0.1) is 6.04 Å². The molecule has 1 atom stereocenters. The molecule has 2 heteroatoms. The van der Waals surface area contributed by atoms with Crippen molar-refractivity contribution in [3.05, 3.63) is 257 Å². The van der Waals surface area contributed by atoms with Crippen LogP contribution in [0, 0.1) is 0 Å². The molecule has 2 aliphatic carbocycles. The Hall–Kier alpha value is -7.42. The number of anilines is 5. The van der Waals surface area contributed by atoms with E-state index in [2.05, 4.69) is 262 Å². The molecular formula is C64H56N2. The lowest BCUT2D eigenvalue weighted by molar-refractivity contribution is 0.490. The predicted octanol–water partition coefficient (Wildman–Crippen LogP) is 17.1. The highest BCUT2D eigenvalue weighted by Gasteiger charge is 2.42. The summed E-state index contributed by atoms with van der Waals surface area (Å²) >= 11 is 0. The van der Waals surface area contributed by atoms with Crippen LogP contribution in [0.5, 0.6) is 0 Å². The largest absolute Gasteiger partial charge is 0.334 e. The van der Waals surface area contributed by atoms with Crippen molar-refractivity contribution in [1.29, 1.82) is 0 Å². The van der Waals surface area contributed by atoms with Crippen molar-refractivity contribution in [2.75, 3.05) is 9.80 Å². The first-order valence-electron chi connectivity index (χ1n) is 23.8. The van der Waals surface area contributed by atoms with Gasteiger partial charge in [0.1, 0.15) is 0 Å². The lowest BCUT2D eigenvalue weighted by Gasteiger charge is -2.45. The van der Waals surface area contributed by atoms with Crippen molar-refractivity contribution in [2.24, 2.45) is 0 Å². The molecule has 0 aromatic heterocycles. The third-order valence-electron chi connectivity index (χ3n) is 14.9. The monoisotopic (exact) mass is 852 g/mol. The van der Waals surface area contributed by atoms with Gasteiger partial charge in [0, 0.05) is 39.3 Å². The smallest absolute Gasteiger partial charge is 0.0572 e. The van der Waals surface area contributed by atoms with E-state index in [0.717, 1.165) is 30.6 Å². The van der Waals surface area contributed by atoms with Gasteiger partial charge in [-0.3, -0.25) is 0 Å². The highest BCUT2D eigenvalue weighted by molar-refractivity contribution is 5.91. The Balaban J connectivity index is 0.892. The van der Waals surface area contributed by atoms with Gasteiger partial charge in [0.2, 0.25) is 0 Å². The lowest BCUT2D eigenvalue weighted by Crippen LogP contribution is -2.39. The average Bonchev–Trinajstić information content (AvgIpc) is 3.65. The molecule has 0 N–H and O–H groups in total. The zero-order valence-electron chi connectivity index (χ0n) is 38.5. The van der Waals surface area contributed by atoms with Crippen molar-refractivity contribution in [1.82, 2.24) is 0 Å². The molecule has 11 rings (SSSR count). The number of allylic oxidation sites excluding steroid dienone is 2. The fraction of sp³-hybridized carbons (Fsp3) is 0.156. The normalized spacial score (nSPS) is 16.4. The molecule has 1 heterocycles. The van der Waals surface area contributed by atoms with E-state index in [1.165, 1.54) is 83.8 Å². The highest BCUT2D eigenvalue weighted by atomic mass is 15.2. The Morgan fingerprint density at radius 3 is 1.62 bits per heavy atom. The number of benzene rings is 8. The van der Waals surface area contributed by atoms with Gasteiger partial charge in [0.25, 0.3) is 0 Å². The van der Waals surface area contributed by atoms with Gasteiger partial charge in [-0.05, 0) is 135 Å². The van der Waals surface area contributed by atoms with Crippen molar-refractivity contribution in [3.8, 4) is 11.1 Å². The number of fused-ring (bicyclic) bond motifs is 5. The summed E-state index contributed by atoms with van der Waals surface area (Å²) in [6, 6.07) is 74.0. The minimum atomic E-state index is -0.0930. The molecule has 0 saturated carbocycles. The average molecular weight is 853 g/mol. The molecular weight excluding hydrogens is 797 g/mol. The molecule has 0 bridgehead atoms. The molecule has 1 aliphatic heterocycles. The summed E-state index contributed by atoms with van der Waals surface area (Å²) in [6.45, 7) is 9.45. The summed E-state index contributed by atoms with van der Waals surface area (Å²) < 4.78 is 0. The van der Waals surface area contributed by atoms with Crippen LogP contribution in [0.3, 0.4) is 0 Å². The quantitative estimate of drug-likeness (QED) is 0.127. The van der Waals surface area contributed by atoms with E-state index in [9.17, 15) is 0 Å². The summed E-state index contributed by atoms with van der Waals surface area (Å²) in [5.74, 6) is 0. The Kier molecular flexibility index (Phi) is 10.5. The predicted molar refractivity (Wildman–Crippen MR) is 281 cm³/mol.